The van der Waals surface area contributed by atoms with Crippen LogP contribution in [0.25, 0.3) is 0 Å². The highest BCUT2D eigenvalue weighted by Gasteiger charge is 2.60. The van der Waals surface area contributed by atoms with Gasteiger partial charge in [-0.15, -0.1) is 14.1 Å². The number of hydrogen-bond acceptors (Lipinski definition) is 6. The van der Waals surface area contributed by atoms with E-state index in [0.29, 0.717) is 23.8 Å². The molecule has 2 aliphatic rings. The first-order chi connectivity index (χ1) is 15.2. The van der Waals surface area contributed by atoms with Crippen molar-refractivity contribution in [3.63, 3.8) is 0 Å². The number of dihydropyridines is 1. The molecular formula is C21H25ClFN4O4P. The monoisotopic (exact) mass is 482 g/mol. The van der Waals surface area contributed by atoms with Gasteiger partial charge in [-0.2, -0.15) is 0 Å². The third kappa shape index (κ3) is 3.92. The number of carbonyl (C=O) groups excluding carboxylic acids is 2. The van der Waals surface area contributed by atoms with Crippen molar-refractivity contribution in [1.82, 2.24) is 10.2 Å². The Morgan fingerprint density at radius 1 is 1.47 bits per heavy atom. The number of rotatable bonds is 7. The molecule has 0 aromatic heterocycles. The zero-order valence-electron chi connectivity index (χ0n) is 17.8. The molecule has 1 saturated heterocycles. The van der Waals surface area contributed by atoms with E-state index in [4.69, 9.17) is 11.6 Å². The van der Waals surface area contributed by atoms with Crippen molar-refractivity contribution >= 4 is 44.2 Å². The predicted octanol–water partition coefficient (Wildman–Crippen LogP) is 2.64. The molecule has 1 fully saturated rings. The number of nitrogens with one attached hydrogen (secondary N) is 1. The van der Waals surface area contributed by atoms with E-state index in [-0.39, 0.29) is 23.7 Å². The van der Waals surface area contributed by atoms with Crippen LogP contribution in [0.15, 0.2) is 33.6 Å². The van der Waals surface area contributed by atoms with Crippen molar-refractivity contribution in [2.45, 2.75) is 44.8 Å². The van der Waals surface area contributed by atoms with E-state index in [2.05, 4.69) is 24.7 Å². The maximum Gasteiger partial charge on any atom is 0.256 e. The summed E-state index contributed by atoms with van der Waals surface area (Å²) in [7, 11) is 2.32. The van der Waals surface area contributed by atoms with E-state index in [0.717, 1.165) is 12.6 Å². The van der Waals surface area contributed by atoms with E-state index in [9.17, 15) is 24.0 Å². The highest BCUT2D eigenvalue weighted by molar-refractivity contribution is 7.28. The lowest BCUT2D eigenvalue weighted by Crippen LogP contribution is -2.64. The van der Waals surface area contributed by atoms with Gasteiger partial charge in [0.2, 0.25) is 0 Å². The van der Waals surface area contributed by atoms with Gasteiger partial charge in [-0.05, 0) is 29.8 Å². The van der Waals surface area contributed by atoms with E-state index in [1.165, 1.54) is 12.1 Å². The highest BCUT2D eigenvalue weighted by atomic mass is 35.5. The molecule has 2 amide bonds. The zero-order valence-corrected chi connectivity index (χ0v) is 19.7. The smallest absolute Gasteiger partial charge is 0.256 e. The van der Waals surface area contributed by atoms with Gasteiger partial charge < -0.3 is 15.3 Å². The summed E-state index contributed by atoms with van der Waals surface area (Å²) in [4.78, 5) is 43.7. The predicted molar refractivity (Wildman–Crippen MR) is 124 cm³/mol. The maximum absolute atomic E-state index is 13.6. The van der Waals surface area contributed by atoms with Crippen LogP contribution in [0.1, 0.15) is 32.3 Å². The Morgan fingerprint density at radius 3 is 2.81 bits per heavy atom. The summed E-state index contributed by atoms with van der Waals surface area (Å²) in [6.45, 7) is 4.51. The summed E-state index contributed by atoms with van der Waals surface area (Å²) < 4.78 is 13.6. The Labute approximate surface area is 192 Å². The van der Waals surface area contributed by atoms with E-state index < -0.39 is 40.9 Å². The molecule has 32 heavy (non-hydrogen) atoms. The van der Waals surface area contributed by atoms with Crippen molar-refractivity contribution in [2.24, 2.45) is 16.1 Å². The fourth-order valence-corrected chi connectivity index (χ4v) is 4.80. The molecule has 2 N–H and O–H groups in total. The van der Waals surface area contributed by atoms with Crippen molar-refractivity contribution in [2.75, 3.05) is 13.1 Å². The minimum atomic E-state index is -1.83. The van der Waals surface area contributed by atoms with Gasteiger partial charge in [-0.25, -0.2) is 4.39 Å². The van der Waals surface area contributed by atoms with Crippen LogP contribution in [0, 0.1) is 16.6 Å². The molecule has 0 aliphatic carbocycles. The number of likely N-dealkylation sites (tertiary alicyclic amines) is 1. The fourth-order valence-electron chi connectivity index (χ4n) is 4.28. The first kappa shape index (κ1) is 24.3. The molecule has 172 valence electrons. The summed E-state index contributed by atoms with van der Waals surface area (Å²) in [5.74, 6) is -2.72. The average Bonchev–Trinajstić information content (AvgIpc) is 2.79. The quantitative estimate of drug-likeness (QED) is 0.459. The van der Waals surface area contributed by atoms with Crippen LogP contribution < -0.4 is 10.6 Å². The molecule has 0 spiro atoms. The van der Waals surface area contributed by atoms with Crippen LogP contribution in [-0.4, -0.2) is 52.7 Å². The van der Waals surface area contributed by atoms with Crippen LogP contribution in [0.4, 0.5) is 4.39 Å². The SMILES string of the molecule is CCCN1CC(CC)C2(N=O)C(O)=C(C(=O)NCc3ccc(F)c(Cl)c3P)C=NC2C1=O. The topological polar surface area (TPSA) is 111 Å². The summed E-state index contributed by atoms with van der Waals surface area (Å²) >= 11 is 5.90. The Bertz CT molecular complexity index is 1020. The van der Waals surface area contributed by atoms with Crippen LogP contribution in [0.3, 0.4) is 0 Å². The minimum absolute atomic E-state index is 0.00630. The zero-order chi connectivity index (χ0) is 23.6. The van der Waals surface area contributed by atoms with Gasteiger partial charge in [0, 0.05) is 31.8 Å². The number of hydrogen-bond donors (Lipinski definition) is 2. The molecule has 0 saturated carbocycles. The lowest BCUT2D eigenvalue weighted by molar-refractivity contribution is -0.140. The molecule has 3 rings (SSSR count). The van der Waals surface area contributed by atoms with Crippen molar-refractivity contribution < 1.29 is 19.1 Å². The van der Waals surface area contributed by atoms with E-state index in [1.807, 2.05) is 13.8 Å². The Hall–Kier alpha value is -2.38. The number of carbonyl (C=O) groups is 2. The molecule has 0 radical (unpaired) electrons. The maximum atomic E-state index is 13.6. The molecular weight excluding hydrogens is 458 g/mol. The van der Waals surface area contributed by atoms with Crippen molar-refractivity contribution in [3.05, 3.63) is 44.8 Å². The normalized spacial score (nSPS) is 25.0. The molecule has 2 heterocycles. The van der Waals surface area contributed by atoms with Crippen molar-refractivity contribution in [1.29, 1.82) is 0 Å². The average molecular weight is 483 g/mol. The number of aliphatic hydroxyl groups excluding tert-OH is 1. The summed E-state index contributed by atoms with van der Waals surface area (Å²) in [6, 6.07) is 1.46. The van der Waals surface area contributed by atoms with Crippen LogP contribution in [0.2, 0.25) is 5.02 Å². The number of aliphatic hydroxyl groups is 1. The van der Waals surface area contributed by atoms with Crippen molar-refractivity contribution in [3.8, 4) is 0 Å². The Morgan fingerprint density at radius 2 is 2.19 bits per heavy atom. The molecule has 0 bridgehead atoms. The molecule has 4 atom stereocenters. The standard InChI is InChI=1S/C21H25ClFN4O4P/c1-3-7-27-10-12(4-2)21(26-31)17(20(27)30)24-9-13(18(21)28)19(29)25-8-11-5-6-14(23)15(22)16(11)32/h5-6,9,12,17,28H,3-4,7-8,10,32H2,1-2H3,(H,25,29). The first-order valence-corrected chi connectivity index (χ1v) is 11.3. The molecule has 4 unspecified atom stereocenters. The minimum Gasteiger partial charge on any atom is -0.509 e. The summed E-state index contributed by atoms with van der Waals surface area (Å²) in [6.07, 6.45) is 2.30. The van der Waals surface area contributed by atoms with Gasteiger partial charge in [-0.1, -0.05) is 36.7 Å². The number of amides is 2. The van der Waals surface area contributed by atoms with Gasteiger partial charge in [0.1, 0.15) is 11.6 Å². The Kier molecular flexibility index (Phi) is 7.30. The summed E-state index contributed by atoms with van der Waals surface area (Å²) in [5, 5.41) is 17.2. The second kappa shape index (κ2) is 9.63. The second-order valence-corrected chi connectivity index (χ2v) is 8.82. The first-order valence-electron chi connectivity index (χ1n) is 10.3. The number of aliphatic imine (C=N–C) groups is 1. The molecule has 8 nitrogen and oxygen atoms in total. The van der Waals surface area contributed by atoms with Gasteiger partial charge in [0.05, 0.1) is 10.6 Å². The van der Waals surface area contributed by atoms with Crippen LogP contribution in [0.5, 0.6) is 0 Å². The van der Waals surface area contributed by atoms with Gasteiger partial charge in [-0.3, -0.25) is 14.6 Å². The number of halogens is 2. The fraction of sp³-hybridized carbons (Fsp3) is 0.476. The number of fused-ring (bicyclic) bond motifs is 1. The van der Waals surface area contributed by atoms with Gasteiger partial charge in [0.25, 0.3) is 11.8 Å². The third-order valence-electron chi connectivity index (χ3n) is 6.06. The van der Waals surface area contributed by atoms with Crippen LogP contribution >= 0.6 is 20.8 Å². The number of benzene rings is 1. The number of nitroso groups, excluding NO2 is 1. The number of piperidine rings is 1. The van der Waals surface area contributed by atoms with Crippen LogP contribution in [-0.2, 0) is 16.1 Å². The molecule has 1 aromatic carbocycles. The lowest BCUT2D eigenvalue weighted by Gasteiger charge is -2.47. The molecule has 11 heteroatoms. The number of nitrogens with zero attached hydrogens (tertiary/aromatic N) is 3. The largest absolute Gasteiger partial charge is 0.509 e. The summed E-state index contributed by atoms with van der Waals surface area (Å²) in [5.41, 5.74) is -1.50. The Balaban J connectivity index is 1.91. The third-order valence-corrected chi connectivity index (χ3v) is 7.28. The lowest BCUT2D eigenvalue weighted by atomic mass is 9.70. The van der Waals surface area contributed by atoms with Gasteiger partial charge in [0.15, 0.2) is 11.6 Å². The highest BCUT2D eigenvalue weighted by Crippen LogP contribution is 2.43. The molecule has 1 aromatic rings. The second-order valence-electron chi connectivity index (χ2n) is 7.87. The molecule has 2 aliphatic heterocycles. The van der Waals surface area contributed by atoms with Gasteiger partial charge >= 0.3 is 0 Å². The van der Waals surface area contributed by atoms with E-state index >= 15 is 0 Å². The van der Waals surface area contributed by atoms with E-state index in [1.54, 1.807) is 4.90 Å².